The minimum absolute atomic E-state index is 0.226. The number of carbonyl (C=O) groups excluding carboxylic acids is 2. The van der Waals surface area contributed by atoms with Crippen molar-refractivity contribution in [2.75, 3.05) is 5.32 Å². The molecule has 7 heteroatoms. The van der Waals surface area contributed by atoms with Crippen molar-refractivity contribution in [3.63, 3.8) is 0 Å². The monoisotopic (exact) mass is 329 g/mol. The molecule has 0 saturated heterocycles. The summed E-state index contributed by atoms with van der Waals surface area (Å²) in [5, 5.41) is 13.5. The van der Waals surface area contributed by atoms with Crippen LogP contribution in [-0.2, 0) is 9.59 Å². The van der Waals surface area contributed by atoms with Crippen molar-refractivity contribution in [1.29, 1.82) is 5.26 Å². The quantitative estimate of drug-likeness (QED) is 0.849. The van der Waals surface area contributed by atoms with E-state index >= 15 is 0 Å². The molecule has 2 N–H and O–H groups in total. The number of rotatable bonds is 3. The van der Waals surface area contributed by atoms with Crippen LogP contribution >= 0.6 is 0 Å². The van der Waals surface area contributed by atoms with E-state index in [9.17, 15) is 18.4 Å². The second-order valence-corrected chi connectivity index (χ2v) is 5.02. The molecule has 1 atom stereocenters. The van der Waals surface area contributed by atoms with Crippen LogP contribution in [0.2, 0.25) is 0 Å². The van der Waals surface area contributed by atoms with Crippen molar-refractivity contribution in [3.05, 3.63) is 65.2 Å². The molecule has 0 fully saturated rings. The smallest absolute Gasteiger partial charge is 0.313 e. The van der Waals surface area contributed by atoms with E-state index in [1.54, 1.807) is 30.3 Å². The van der Waals surface area contributed by atoms with Crippen LogP contribution in [0.3, 0.4) is 0 Å². The highest BCUT2D eigenvalue weighted by molar-refractivity contribution is 6.39. The fourth-order valence-corrected chi connectivity index (χ4v) is 1.94. The number of nitriles is 1. The molecule has 122 valence electrons. The zero-order valence-corrected chi connectivity index (χ0v) is 12.6. The predicted octanol–water partition coefficient (Wildman–Crippen LogP) is 2.59. The van der Waals surface area contributed by atoms with Crippen molar-refractivity contribution >= 4 is 17.5 Å². The van der Waals surface area contributed by atoms with Gasteiger partial charge in [0.1, 0.15) is 17.7 Å². The lowest BCUT2D eigenvalue weighted by atomic mass is 10.1. The molecular weight excluding hydrogens is 316 g/mol. The van der Waals surface area contributed by atoms with E-state index in [4.69, 9.17) is 5.26 Å². The highest BCUT2D eigenvalue weighted by atomic mass is 19.1. The summed E-state index contributed by atoms with van der Waals surface area (Å²) in [6.45, 7) is 1.87. The Kier molecular flexibility index (Phi) is 5.22. The zero-order valence-electron chi connectivity index (χ0n) is 12.6. The van der Waals surface area contributed by atoms with Gasteiger partial charge in [0.2, 0.25) is 0 Å². The average Bonchev–Trinajstić information content (AvgIpc) is 2.55. The molecule has 2 aromatic rings. The zero-order chi connectivity index (χ0) is 17.7. The number of halogens is 2. The molecule has 24 heavy (non-hydrogen) atoms. The van der Waals surface area contributed by atoms with Crippen LogP contribution in [0.25, 0.3) is 0 Å². The number of hydrogen-bond acceptors (Lipinski definition) is 3. The number of carbonyl (C=O) groups is 2. The Bertz CT molecular complexity index is 814. The first-order valence-corrected chi connectivity index (χ1v) is 6.94. The molecule has 5 nitrogen and oxygen atoms in total. The van der Waals surface area contributed by atoms with Gasteiger partial charge in [0.25, 0.3) is 0 Å². The van der Waals surface area contributed by atoms with Gasteiger partial charge >= 0.3 is 11.8 Å². The Hall–Kier alpha value is -3.27. The van der Waals surface area contributed by atoms with Crippen molar-refractivity contribution in [1.82, 2.24) is 5.32 Å². The highest BCUT2D eigenvalue weighted by Crippen LogP contribution is 2.17. The van der Waals surface area contributed by atoms with Gasteiger partial charge in [-0.1, -0.05) is 23.8 Å². The molecular formula is C17H13F2N3O2. The molecule has 0 aliphatic rings. The summed E-state index contributed by atoms with van der Waals surface area (Å²) in [7, 11) is 0. The Balaban J connectivity index is 2.07. The van der Waals surface area contributed by atoms with Crippen LogP contribution in [-0.4, -0.2) is 11.8 Å². The van der Waals surface area contributed by atoms with Crippen molar-refractivity contribution < 1.29 is 18.4 Å². The maximum atomic E-state index is 13.7. The topological polar surface area (TPSA) is 82.0 Å². The summed E-state index contributed by atoms with van der Waals surface area (Å²) in [4.78, 5) is 23.7. The SMILES string of the molecule is Cc1ccc(NC(=O)C(=O)NC(C#N)c2ccc(F)cc2F)cc1. The fourth-order valence-electron chi connectivity index (χ4n) is 1.94. The summed E-state index contributed by atoms with van der Waals surface area (Å²) < 4.78 is 26.6. The Labute approximate surface area is 136 Å². The van der Waals surface area contributed by atoms with Gasteiger partial charge in [-0.05, 0) is 25.1 Å². The lowest BCUT2D eigenvalue weighted by Gasteiger charge is -2.13. The lowest BCUT2D eigenvalue weighted by molar-refractivity contribution is -0.136. The van der Waals surface area contributed by atoms with Gasteiger partial charge < -0.3 is 10.6 Å². The molecule has 1 unspecified atom stereocenters. The molecule has 2 rings (SSSR count). The number of anilines is 1. The predicted molar refractivity (Wildman–Crippen MR) is 82.7 cm³/mol. The Morgan fingerprint density at radius 1 is 1.08 bits per heavy atom. The summed E-state index contributed by atoms with van der Waals surface area (Å²) in [6, 6.07) is 9.56. The first-order chi connectivity index (χ1) is 11.4. The summed E-state index contributed by atoms with van der Waals surface area (Å²) in [5.74, 6) is -3.90. The Morgan fingerprint density at radius 3 is 2.33 bits per heavy atom. The third kappa shape index (κ3) is 4.14. The lowest BCUT2D eigenvalue weighted by Crippen LogP contribution is -2.37. The number of nitrogens with one attached hydrogen (secondary N) is 2. The molecule has 2 amide bonds. The van der Waals surface area contributed by atoms with Crippen molar-refractivity contribution in [3.8, 4) is 6.07 Å². The van der Waals surface area contributed by atoms with Crippen LogP contribution in [0.1, 0.15) is 17.2 Å². The highest BCUT2D eigenvalue weighted by Gasteiger charge is 2.22. The number of aryl methyl sites for hydroxylation is 1. The van der Waals surface area contributed by atoms with Crippen molar-refractivity contribution in [2.45, 2.75) is 13.0 Å². The molecule has 0 saturated carbocycles. The van der Waals surface area contributed by atoms with Crippen LogP contribution in [0.15, 0.2) is 42.5 Å². The normalized spacial score (nSPS) is 11.2. The molecule has 0 radical (unpaired) electrons. The minimum atomic E-state index is -1.41. The van der Waals surface area contributed by atoms with E-state index in [1.165, 1.54) is 0 Å². The molecule has 0 bridgehead atoms. The molecule has 2 aromatic carbocycles. The van der Waals surface area contributed by atoms with Gasteiger partial charge in [-0.2, -0.15) is 5.26 Å². The molecule has 0 aliphatic heterocycles. The van der Waals surface area contributed by atoms with E-state index in [1.807, 2.05) is 6.92 Å². The number of benzene rings is 2. The van der Waals surface area contributed by atoms with Crippen LogP contribution in [0.4, 0.5) is 14.5 Å². The largest absolute Gasteiger partial charge is 0.328 e. The summed E-state index contributed by atoms with van der Waals surface area (Å²) >= 11 is 0. The standard InChI is InChI=1S/C17H13F2N3O2/c1-10-2-5-12(6-3-10)21-16(23)17(24)22-15(9-20)13-7-4-11(18)8-14(13)19/h2-8,15H,1H3,(H,21,23)(H,22,24). The maximum Gasteiger partial charge on any atom is 0.313 e. The fraction of sp³-hybridized carbons (Fsp3) is 0.118. The maximum absolute atomic E-state index is 13.7. The van der Waals surface area contributed by atoms with Crippen LogP contribution in [0, 0.1) is 29.9 Å². The van der Waals surface area contributed by atoms with Crippen LogP contribution < -0.4 is 10.6 Å². The van der Waals surface area contributed by atoms with E-state index in [0.717, 1.165) is 17.7 Å². The van der Waals surface area contributed by atoms with Gasteiger partial charge in [-0.15, -0.1) is 0 Å². The van der Waals surface area contributed by atoms with E-state index in [2.05, 4.69) is 10.6 Å². The molecule has 0 spiro atoms. The first kappa shape index (κ1) is 17.1. The van der Waals surface area contributed by atoms with Gasteiger partial charge in [-0.3, -0.25) is 9.59 Å². The average molecular weight is 329 g/mol. The van der Waals surface area contributed by atoms with Crippen LogP contribution in [0.5, 0.6) is 0 Å². The number of hydrogen-bond donors (Lipinski definition) is 2. The van der Waals surface area contributed by atoms with Gasteiger partial charge in [-0.25, -0.2) is 8.78 Å². The van der Waals surface area contributed by atoms with Crippen molar-refractivity contribution in [2.24, 2.45) is 0 Å². The first-order valence-electron chi connectivity index (χ1n) is 6.94. The van der Waals surface area contributed by atoms with Gasteiger partial charge in [0.05, 0.1) is 6.07 Å². The molecule has 0 aromatic heterocycles. The second kappa shape index (κ2) is 7.33. The second-order valence-electron chi connectivity index (χ2n) is 5.02. The van der Waals surface area contributed by atoms with E-state index < -0.39 is 29.5 Å². The number of amides is 2. The van der Waals surface area contributed by atoms with Gasteiger partial charge in [0, 0.05) is 17.3 Å². The Morgan fingerprint density at radius 2 is 1.75 bits per heavy atom. The molecule has 0 aliphatic carbocycles. The third-order valence-electron chi connectivity index (χ3n) is 3.19. The molecule has 0 heterocycles. The van der Waals surface area contributed by atoms with E-state index in [0.29, 0.717) is 11.8 Å². The summed E-state index contributed by atoms with van der Waals surface area (Å²) in [5.41, 5.74) is 1.16. The minimum Gasteiger partial charge on any atom is -0.328 e. The number of nitrogens with zero attached hydrogens (tertiary/aromatic N) is 1. The van der Waals surface area contributed by atoms with E-state index in [-0.39, 0.29) is 5.56 Å². The summed E-state index contributed by atoms with van der Waals surface area (Å²) in [6.07, 6.45) is 0. The third-order valence-corrected chi connectivity index (χ3v) is 3.19. The van der Waals surface area contributed by atoms with Gasteiger partial charge in [0.15, 0.2) is 0 Å².